The molecule has 0 saturated carbocycles. The highest BCUT2D eigenvalue weighted by Crippen LogP contribution is 2.34. The highest BCUT2D eigenvalue weighted by molar-refractivity contribution is 6.01. The molecule has 3 N–H and O–H groups in total. The van der Waals surface area contributed by atoms with Gasteiger partial charge in [0.1, 0.15) is 0 Å². The number of ether oxygens (including phenoxy) is 2. The van der Waals surface area contributed by atoms with E-state index >= 15 is 0 Å². The molecule has 0 unspecified atom stereocenters. The zero-order chi connectivity index (χ0) is 16.1. The minimum absolute atomic E-state index is 0.183. The van der Waals surface area contributed by atoms with Crippen LogP contribution in [0.4, 0.5) is 10.5 Å². The van der Waals surface area contributed by atoms with Crippen molar-refractivity contribution in [3.63, 3.8) is 0 Å². The summed E-state index contributed by atoms with van der Waals surface area (Å²) in [7, 11) is 0. The molecule has 0 aromatic heterocycles. The first-order chi connectivity index (χ1) is 11.2. The summed E-state index contributed by atoms with van der Waals surface area (Å²) in [5, 5.41) is 5.02. The lowest BCUT2D eigenvalue weighted by molar-refractivity contribution is -0.891. The van der Waals surface area contributed by atoms with Crippen molar-refractivity contribution >= 4 is 17.6 Å². The van der Waals surface area contributed by atoms with Gasteiger partial charge in [-0.05, 0) is 37.8 Å². The van der Waals surface area contributed by atoms with Crippen LogP contribution in [0.2, 0.25) is 0 Å². The molecular weight excluding hydrogens is 298 g/mol. The Morgan fingerprint density at radius 2 is 1.78 bits per heavy atom. The Bertz CT molecular complexity index is 583. The number of nitrogens with one attached hydrogen (secondary N) is 3. The molecule has 3 amide bonds. The predicted octanol–water partition coefficient (Wildman–Crippen LogP) is 0.522. The second kappa shape index (κ2) is 7.32. The normalized spacial score (nSPS) is 17.4. The first-order valence-corrected chi connectivity index (χ1v) is 8.05. The monoisotopic (exact) mass is 320 g/mol. The maximum absolute atomic E-state index is 12.0. The summed E-state index contributed by atoms with van der Waals surface area (Å²) in [5.41, 5.74) is 0.557. The molecule has 1 fully saturated rings. The number of quaternary nitrogens is 1. The molecule has 23 heavy (non-hydrogen) atoms. The second-order valence-corrected chi connectivity index (χ2v) is 5.91. The Morgan fingerprint density at radius 3 is 2.57 bits per heavy atom. The first-order valence-electron chi connectivity index (χ1n) is 8.05. The van der Waals surface area contributed by atoms with Gasteiger partial charge in [-0.1, -0.05) is 0 Å². The average molecular weight is 320 g/mol. The van der Waals surface area contributed by atoms with Crippen molar-refractivity contribution in [2.24, 2.45) is 0 Å². The summed E-state index contributed by atoms with van der Waals surface area (Å²) in [6.45, 7) is 2.52. The fourth-order valence-electron chi connectivity index (χ4n) is 2.94. The lowest BCUT2D eigenvalue weighted by Crippen LogP contribution is -3.13. The molecule has 3 rings (SSSR count). The SMILES string of the molecule is O=C(C[NH+]1CCCCCC1)NC(=O)Nc1ccc2c(c1)OCO2. The molecule has 0 radical (unpaired) electrons. The van der Waals surface area contributed by atoms with Gasteiger partial charge in [-0.25, -0.2) is 4.79 Å². The van der Waals surface area contributed by atoms with Crippen LogP contribution in [0.5, 0.6) is 11.5 Å². The Kier molecular flexibility index (Phi) is 4.97. The van der Waals surface area contributed by atoms with Gasteiger partial charge < -0.3 is 19.7 Å². The Labute approximate surface area is 134 Å². The van der Waals surface area contributed by atoms with E-state index in [0.717, 1.165) is 25.9 Å². The number of rotatable bonds is 3. The third kappa shape index (κ3) is 4.35. The molecule has 2 aliphatic heterocycles. The molecule has 2 aliphatic rings. The molecule has 7 heteroatoms. The molecule has 0 atom stereocenters. The molecule has 2 heterocycles. The number of anilines is 1. The van der Waals surface area contributed by atoms with Gasteiger partial charge in [0.25, 0.3) is 5.91 Å². The van der Waals surface area contributed by atoms with E-state index in [1.54, 1.807) is 18.2 Å². The number of fused-ring (bicyclic) bond motifs is 1. The van der Waals surface area contributed by atoms with Crippen LogP contribution in [0.15, 0.2) is 18.2 Å². The fraction of sp³-hybridized carbons (Fsp3) is 0.500. The smallest absolute Gasteiger partial charge is 0.326 e. The number of imide groups is 1. The summed E-state index contributed by atoms with van der Waals surface area (Å²) < 4.78 is 10.5. The highest BCUT2D eigenvalue weighted by atomic mass is 16.7. The standard InChI is InChI=1S/C16H21N3O4/c20-15(10-19-7-3-1-2-4-8-19)18-16(21)17-12-5-6-13-14(9-12)23-11-22-13/h5-6,9H,1-4,7-8,10-11H2,(H2,17,18,20,21)/p+1. The van der Waals surface area contributed by atoms with Gasteiger partial charge in [-0.3, -0.25) is 10.1 Å². The van der Waals surface area contributed by atoms with Gasteiger partial charge in [0.05, 0.1) is 13.1 Å². The maximum atomic E-state index is 12.0. The van der Waals surface area contributed by atoms with Gasteiger partial charge in [0, 0.05) is 11.8 Å². The third-order valence-corrected chi connectivity index (χ3v) is 4.10. The molecule has 1 aromatic rings. The molecule has 124 valence electrons. The van der Waals surface area contributed by atoms with Crippen molar-refractivity contribution in [3.8, 4) is 11.5 Å². The third-order valence-electron chi connectivity index (χ3n) is 4.10. The van der Waals surface area contributed by atoms with Crippen molar-refractivity contribution in [2.45, 2.75) is 25.7 Å². The number of hydrogen-bond acceptors (Lipinski definition) is 4. The van der Waals surface area contributed by atoms with Crippen LogP contribution in [-0.2, 0) is 4.79 Å². The van der Waals surface area contributed by atoms with Crippen LogP contribution < -0.4 is 25.0 Å². The van der Waals surface area contributed by atoms with Crippen LogP contribution in [0.3, 0.4) is 0 Å². The number of hydrogen-bond donors (Lipinski definition) is 3. The Morgan fingerprint density at radius 1 is 1.04 bits per heavy atom. The molecule has 0 aliphatic carbocycles. The number of carbonyl (C=O) groups excluding carboxylic acids is 2. The summed E-state index contributed by atoms with van der Waals surface area (Å²) in [6, 6.07) is 4.58. The Hall–Kier alpha value is -2.28. The minimum atomic E-state index is -0.525. The minimum Gasteiger partial charge on any atom is -0.454 e. The van der Waals surface area contributed by atoms with Crippen LogP contribution in [0, 0.1) is 0 Å². The summed E-state index contributed by atoms with van der Waals surface area (Å²) in [6.07, 6.45) is 4.75. The molecule has 0 spiro atoms. The largest absolute Gasteiger partial charge is 0.454 e. The van der Waals surface area contributed by atoms with E-state index in [1.165, 1.54) is 17.7 Å². The summed E-state index contributed by atoms with van der Waals surface area (Å²) in [4.78, 5) is 25.1. The van der Waals surface area contributed by atoms with Crippen LogP contribution in [0.25, 0.3) is 0 Å². The number of carbonyl (C=O) groups is 2. The Balaban J connectivity index is 1.47. The number of likely N-dealkylation sites (tertiary alicyclic amines) is 1. The van der Waals surface area contributed by atoms with Gasteiger partial charge >= 0.3 is 6.03 Å². The maximum Gasteiger partial charge on any atom is 0.326 e. The van der Waals surface area contributed by atoms with Crippen molar-refractivity contribution in [2.75, 3.05) is 31.7 Å². The number of urea groups is 1. The summed E-state index contributed by atoms with van der Waals surface area (Å²) >= 11 is 0. The van der Waals surface area contributed by atoms with E-state index in [1.807, 2.05) is 0 Å². The summed E-state index contributed by atoms with van der Waals surface area (Å²) in [5.74, 6) is 0.986. The molecule has 7 nitrogen and oxygen atoms in total. The van der Waals surface area contributed by atoms with Gasteiger partial charge in [0.2, 0.25) is 6.79 Å². The van der Waals surface area contributed by atoms with E-state index in [9.17, 15) is 9.59 Å². The highest BCUT2D eigenvalue weighted by Gasteiger charge is 2.19. The zero-order valence-corrected chi connectivity index (χ0v) is 13.0. The quantitative estimate of drug-likeness (QED) is 0.758. The van der Waals surface area contributed by atoms with Crippen LogP contribution in [0.1, 0.15) is 25.7 Å². The van der Waals surface area contributed by atoms with Gasteiger partial charge in [-0.15, -0.1) is 0 Å². The first kappa shape index (κ1) is 15.6. The van der Waals surface area contributed by atoms with Crippen molar-refractivity contribution < 1.29 is 24.0 Å². The second-order valence-electron chi connectivity index (χ2n) is 5.91. The average Bonchev–Trinajstić information content (AvgIpc) is 2.83. The molecule has 1 aromatic carbocycles. The van der Waals surface area contributed by atoms with Crippen molar-refractivity contribution in [1.29, 1.82) is 0 Å². The van der Waals surface area contributed by atoms with Crippen LogP contribution in [-0.4, -0.2) is 38.4 Å². The number of benzene rings is 1. The predicted molar refractivity (Wildman–Crippen MR) is 83.8 cm³/mol. The van der Waals surface area contributed by atoms with E-state index in [2.05, 4.69) is 10.6 Å². The molecular formula is C16H22N3O4+. The van der Waals surface area contributed by atoms with E-state index < -0.39 is 6.03 Å². The lowest BCUT2D eigenvalue weighted by Gasteiger charge is -2.16. The van der Waals surface area contributed by atoms with Gasteiger partial charge in [0.15, 0.2) is 18.0 Å². The number of amides is 3. The van der Waals surface area contributed by atoms with E-state index in [0.29, 0.717) is 23.7 Å². The fourth-order valence-corrected chi connectivity index (χ4v) is 2.94. The topological polar surface area (TPSA) is 81.1 Å². The van der Waals surface area contributed by atoms with Gasteiger partial charge in [-0.2, -0.15) is 0 Å². The van der Waals surface area contributed by atoms with E-state index in [4.69, 9.17) is 9.47 Å². The van der Waals surface area contributed by atoms with E-state index in [-0.39, 0.29) is 12.7 Å². The van der Waals surface area contributed by atoms with Crippen molar-refractivity contribution in [1.82, 2.24) is 5.32 Å². The van der Waals surface area contributed by atoms with Crippen molar-refractivity contribution in [3.05, 3.63) is 18.2 Å². The lowest BCUT2D eigenvalue weighted by atomic mass is 10.2. The zero-order valence-electron chi connectivity index (χ0n) is 13.0. The molecule has 0 bridgehead atoms. The van der Waals surface area contributed by atoms with Crippen LogP contribution >= 0.6 is 0 Å². The molecule has 1 saturated heterocycles.